The Morgan fingerprint density at radius 1 is 1.18 bits per heavy atom. The smallest absolute Gasteiger partial charge is 0.00722 e. The van der Waals surface area contributed by atoms with Crippen LogP contribution in [-0.2, 0) is 0 Å². The Hall–Kier alpha value is 0.350. The molecule has 0 N–H and O–H groups in total. The number of thioether (sulfide) groups is 1. The van der Waals surface area contributed by atoms with Gasteiger partial charge in [-0.1, -0.05) is 34.1 Å². The zero-order valence-electron chi connectivity index (χ0n) is 8.55. The van der Waals surface area contributed by atoms with E-state index in [1.165, 1.54) is 12.8 Å². The van der Waals surface area contributed by atoms with Crippen LogP contribution in [0.1, 0.15) is 40.5 Å². The van der Waals surface area contributed by atoms with Crippen LogP contribution in [0, 0.1) is 11.8 Å². The minimum atomic E-state index is 0.832. The second-order valence-electron chi connectivity index (χ2n) is 3.67. The molecule has 0 fully saturated rings. The van der Waals surface area contributed by atoms with Crippen molar-refractivity contribution in [3.05, 3.63) is 0 Å². The number of hydrogen-bond acceptors (Lipinski definition) is 1. The molecule has 0 aromatic rings. The molecule has 0 radical (unpaired) electrons. The fraction of sp³-hybridized carbons (Fsp3) is 1.00. The molecule has 0 aliphatic rings. The minimum absolute atomic E-state index is 0.832. The highest BCUT2D eigenvalue weighted by Crippen LogP contribution is 2.27. The van der Waals surface area contributed by atoms with Crippen LogP contribution in [0.5, 0.6) is 0 Å². The largest absolute Gasteiger partial charge is 0.162 e. The molecular weight excluding hydrogens is 152 g/mol. The molecule has 0 aliphatic carbocycles. The van der Waals surface area contributed by atoms with Gasteiger partial charge in [0, 0.05) is 5.25 Å². The van der Waals surface area contributed by atoms with E-state index in [0.29, 0.717) is 0 Å². The quantitative estimate of drug-likeness (QED) is 0.611. The van der Waals surface area contributed by atoms with E-state index in [9.17, 15) is 0 Å². The van der Waals surface area contributed by atoms with Gasteiger partial charge in [-0.15, -0.1) is 0 Å². The van der Waals surface area contributed by atoms with E-state index in [4.69, 9.17) is 0 Å². The van der Waals surface area contributed by atoms with Crippen molar-refractivity contribution in [2.75, 3.05) is 6.26 Å². The van der Waals surface area contributed by atoms with Gasteiger partial charge in [-0.05, 0) is 24.5 Å². The highest BCUT2D eigenvalue weighted by Gasteiger charge is 2.17. The highest BCUT2D eigenvalue weighted by molar-refractivity contribution is 7.99. The van der Waals surface area contributed by atoms with Crippen molar-refractivity contribution < 1.29 is 0 Å². The first-order valence-corrected chi connectivity index (χ1v) is 5.95. The van der Waals surface area contributed by atoms with Crippen LogP contribution in [0.4, 0.5) is 0 Å². The molecule has 0 amide bonds. The minimum Gasteiger partial charge on any atom is -0.162 e. The standard InChI is InChI=1S/C10H22S/c1-6-7-10(11-5)9(4)8(2)3/h8-10H,6-7H2,1-5H3. The molecule has 2 atom stereocenters. The van der Waals surface area contributed by atoms with E-state index in [-0.39, 0.29) is 0 Å². The SMILES string of the molecule is CCCC(SC)C(C)C(C)C. The molecule has 0 saturated heterocycles. The summed E-state index contributed by atoms with van der Waals surface area (Å²) in [5.74, 6) is 1.70. The van der Waals surface area contributed by atoms with Crippen molar-refractivity contribution in [2.24, 2.45) is 11.8 Å². The van der Waals surface area contributed by atoms with E-state index in [1.54, 1.807) is 0 Å². The molecule has 0 nitrogen and oxygen atoms in total. The van der Waals surface area contributed by atoms with Crippen LogP contribution in [0.2, 0.25) is 0 Å². The summed E-state index contributed by atoms with van der Waals surface area (Å²) in [6.07, 6.45) is 4.93. The predicted molar refractivity (Wildman–Crippen MR) is 56.2 cm³/mol. The van der Waals surface area contributed by atoms with Gasteiger partial charge >= 0.3 is 0 Å². The summed E-state index contributed by atoms with van der Waals surface area (Å²) in [7, 11) is 0. The average molecular weight is 174 g/mol. The lowest BCUT2D eigenvalue weighted by atomic mass is 9.92. The van der Waals surface area contributed by atoms with Crippen molar-refractivity contribution in [3.8, 4) is 0 Å². The Bertz CT molecular complexity index is 88.9. The lowest BCUT2D eigenvalue weighted by Gasteiger charge is -2.24. The van der Waals surface area contributed by atoms with Gasteiger partial charge in [0.2, 0.25) is 0 Å². The number of hydrogen-bond donors (Lipinski definition) is 0. The second-order valence-corrected chi connectivity index (χ2v) is 4.74. The van der Waals surface area contributed by atoms with Gasteiger partial charge in [0.1, 0.15) is 0 Å². The van der Waals surface area contributed by atoms with Gasteiger partial charge < -0.3 is 0 Å². The summed E-state index contributed by atoms with van der Waals surface area (Å²) in [5.41, 5.74) is 0. The molecule has 11 heavy (non-hydrogen) atoms. The van der Waals surface area contributed by atoms with Crippen LogP contribution >= 0.6 is 11.8 Å². The third kappa shape index (κ3) is 4.05. The lowest BCUT2D eigenvalue weighted by Crippen LogP contribution is -2.18. The average Bonchev–Trinajstić information content (AvgIpc) is 1.98. The van der Waals surface area contributed by atoms with Gasteiger partial charge in [0.15, 0.2) is 0 Å². The summed E-state index contributed by atoms with van der Waals surface area (Å²) in [6, 6.07) is 0. The van der Waals surface area contributed by atoms with Crippen LogP contribution in [0.15, 0.2) is 0 Å². The first-order valence-electron chi connectivity index (χ1n) is 4.66. The Kier molecular flexibility index (Phi) is 6.12. The predicted octanol–water partition coefficient (Wildman–Crippen LogP) is 3.81. The van der Waals surface area contributed by atoms with Crippen molar-refractivity contribution in [2.45, 2.75) is 45.8 Å². The first-order chi connectivity index (χ1) is 5.13. The zero-order chi connectivity index (χ0) is 8.85. The zero-order valence-corrected chi connectivity index (χ0v) is 9.37. The Labute approximate surface area is 76.1 Å². The molecule has 2 unspecified atom stereocenters. The maximum Gasteiger partial charge on any atom is 0.00722 e. The van der Waals surface area contributed by atoms with Gasteiger partial charge in [0.05, 0.1) is 0 Å². The van der Waals surface area contributed by atoms with Crippen LogP contribution in [0.3, 0.4) is 0 Å². The fourth-order valence-electron chi connectivity index (χ4n) is 1.31. The third-order valence-corrected chi connectivity index (χ3v) is 3.78. The Morgan fingerprint density at radius 2 is 1.73 bits per heavy atom. The monoisotopic (exact) mass is 174 g/mol. The topological polar surface area (TPSA) is 0 Å². The Balaban J connectivity index is 3.81. The molecule has 0 saturated carbocycles. The van der Waals surface area contributed by atoms with E-state index < -0.39 is 0 Å². The van der Waals surface area contributed by atoms with E-state index in [2.05, 4.69) is 34.0 Å². The van der Waals surface area contributed by atoms with Crippen LogP contribution < -0.4 is 0 Å². The van der Waals surface area contributed by atoms with Gasteiger partial charge in [-0.3, -0.25) is 0 Å². The first kappa shape index (κ1) is 11.4. The van der Waals surface area contributed by atoms with E-state index in [1.807, 2.05) is 11.8 Å². The van der Waals surface area contributed by atoms with E-state index >= 15 is 0 Å². The van der Waals surface area contributed by atoms with Gasteiger partial charge in [-0.25, -0.2) is 0 Å². The van der Waals surface area contributed by atoms with Gasteiger partial charge in [0.25, 0.3) is 0 Å². The maximum atomic E-state index is 2.38. The van der Waals surface area contributed by atoms with Crippen LogP contribution in [0.25, 0.3) is 0 Å². The molecule has 68 valence electrons. The van der Waals surface area contributed by atoms with Crippen molar-refractivity contribution >= 4 is 11.8 Å². The summed E-state index contributed by atoms with van der Waals surface area (Å²) >= 11 is 2.03. The highest BCUT2D eigenvalue weighted by atomic mass is 32.2. The molecule has 1 heteroatoms. The summed E-state index contributed by atoms with van der Waals surface area (Å²) in [4.78, 5) is 0. The third-order valence-electron chi connectivity index (χ3n) is 2.51. The molecule has 0 aromatic heterocycles. The van der Waals surface area contributed by atoms with Crippen molar-refractivity contribution in [3.63, 3.8) is 0 Å². The molecule has 0 heterocycles. The summed E-state index contributed by atoms with van der Waals surface area (Å²) in [6.45, 7) is 9.30. The fourth-order valence-corrected chi connectivity index (χ4v) is 2.52. The van der Waals surface area contributed by atoms with Crippen molar-refractivity contribution in [1.82, 2.24) is 0 Å². The molecule has 0 aliphatic heterocycles. The van der Waals surface area contributed by atoms with Crippen molar-refractivity contribution in [1.29, 1.82) is 0 Å². The molecule has 0 bridgehead atoms. The second kappa shape index (κ2) is 5.93. The maximum absolute atomic E-state index is 2.38. The van der Waals surface area contributed by atoms with Gasteiger partial charge in [-0.2, -0.15) is 11.8 Å². The summed E-state index contributed by atoms with van der Waals surface area (Å²) in [5, 5.41) is 0.875. The summed E-state index contributed by atoms with van der Waals surface area (Å²) < 4.78 is 0. The molecule has 0 aromatic carbocycles. The normalized spacial score (nSPS) is 16.9. The molecular formula is C10H22S. The van der Waals surface area contributed by atoms with Crippen LogP contribution in [-0.4, -0.2) is 11.5 Å². The molecule has 0 spiro atoms. The van der Waals surface area contributed by atoms with E-state index in [0.717, 1.165) is 17.1 Å². The number of rotatable bonds is 5. The molecule has 0 rings (SSSR count). The lowest BCUT2D eigenvalue weighted by molar-refractivity contribution is 0.392. The Morgan fingerprint density at radius 3 is 2.00 bits per heavy atom.